The largest absolute Gasteiger partial charge is 0.396 e. The summed E-state index contributed by atoms with van der Waals surface area (Å²) in [5, 5.41) is 21.7. The van der Waals surface area contributed by atoms with Gasteiger partial charge in [-0.15, -0.1) is 0 Å². The van der Waals surface area contributed by atoms with Crippen LogP contribution < -0.4 is 5.32 Å². The van der Waals surface area contributed by atoms with E-state index in [-0.39, 0.29) is 24.0 Å². The van der Waals surface area contributed by atoms with Gasteiger partial charge in [0, 0.05) is 19.2 Å². The second-order valence-corrected chi connectivity index (χ2v) is 3.91. The molecule has 0 saturated heterocycles. The number of carbonyl (C=O) groups excluding carboxylic acids is 1. The summed E-state index contributed by atoms with van der Waals surface area (Å²) in [6.07, 6.45) is 3.47. The Morgan fingerprint density at radius 3 is 2.67 bits per heavy atom. The van der Waals surface area contributed by atoms with Gasteiger partial charge in [-0.25, -0.2) is 4.98 Å². The van der Waals surface area contributed by atoms with Crippen molar-refractivity contribution in [3.8, 4) is 0 Å². The molecule has 1 rings (SSSR count). The molecule has 0 spiro atoms. The Morgan fingerprint density at radius 2 is 2.06 bits per heavy atom. The number of aliphatic hydroxyl groups excluding tert-OH is 1. The van der Waals surface area contributed by atoms with Crippen LogP contribution in [0.25, 0.3) is 0 Å². The highest BCUT2D eigenvalue weighted by Crippen LogP contribution is 2.09. The van der Waals surface area contributed by atoms with Crippen LogP contribution in [-0.4, -0.2) is 34.1 Å². The number of unbranched alkanes of at least 4 members (excludes halogenated alkanes) is 3. The van der Waals surface area contributed by atoms with Crippen LogP contribution in [-0.2, 0) is 0 Å². The van der Waals surface area contributed by atoms with E-state index in [2.05, 4.69) is 10.3 Å². The van der Waals surface area contributed by atoms with Gasteiger partial charge in [0.1, 0.15) is 0 Å². The Labute approximate surface area is 104 Å². The summed E-state index contributed by atoms with van der Waals surface area (Å²) in [5.74, 6) is -0.534. The van der Waals surface area contributed by atoms with Gasteiger partial charge in [-0.1, -0.05) is 12.8 Å². The van der Waals surface area contributed by atoms with Gasteiger partial charge in [-0.2, -0.15) is 0 Å². The molecule has 0 bridgehead atoms. The number of hydrogen-bond acceptors (Lipinski definition) is 4. The van der Waals surface area contributed by atoms with Crippen LogP contribution in [0.15, 0.2) is 12.1 Å². The third kappa shape index (κ3) is 4.54. The molecule has 0 radical (unpaired) electrons. The van der Waals surface area contributed by atoms with Crippen molar-refractivity contribution < 1.29 is 14.8 Å². The van der Waals surface area contributed by atoms with Gasteiger partial charge in [-0.05, 0) is 23.8 Å². The fourth-order valence-corrected chi connectivity index (χ4v) is 1.51. The quantitative estimate of drug-likeness (QED) is 0.368. The molecule has 1 heterocycles. The fraction of sp³-hybridized carbons (Fsp3) is 0.545. The van der Waals surface area contributed by atoms with E-state index in [1.165, 1.54) is 12.1 Å². The number of amides is 1. The van der Waals surface area contributed by atoms with E-state index in [4.69, 9.17) is 5.11 Å². The molecule has 1 amide bonds. The van der Waals surface area contributed by atoms with Gasteiger partial charge in [-0.3, -0.25) is 4.79 Å². The first-order valence-corrected chi connectivity index (χ1v) is 5.87. The second-order valence-electron chi connectivity index (χ2n) is 3.91. The van der Waals surface area contributed by atoms with Gasteiger partial charge in [0.15, 0.2) is 5.69 Å². The van der Waals surface area contributed by atoms with Crippen LogP contribution in [0.4, 0.5) is 5.82 Å². The van der Waals surface area contributed by atoms with Gasteiger partial charge in [0.2, 0.25) is 0 Å². The molecule has 0 unspecified atom stereocenters. The van der Waals surface area contributed by atoms with Gasteiger partial charge >= 0.3 is 5.82 Å². The van der Waals surface area contributed by atoms with Crippen LogP contribution >= 0.6 is 0 Å². The number of H-pyrrole nitrogens is 1. The summed E-state index contributed by atoms with van der Waals surface area (Å²) >= 11 is 0. The first-order valence-electron chi connectivity index (χ1n) is 5.87. The van der Waals surface area contributed by atoms with Crippen molar-refractivity contribution in [1.29, 1.82) is 0 Å². The SMILES string of the molecule is O=C(NCCCCCCO)c1ccc([N+](=O)[O-])[nH]1. The summed E-state index contributed by atoms with van der Waals surface area (Å²) in [6, 6.07) is 2.65. The molecular formula is C11H17N3O4. The standard InChI is InChI=1S/C11H17N3O4/c15-8-4-2-1-3-7-12-11(16)9-5-6-10(13-9)14(17)18/h5-6,13,15H,1-4,7-8H2,(H,12,16). The molecule has 0 fully saturated rings. The first kappa shape index (κ1) is 14.2. The number of nitrogens with zero attached hydrogens (tertiary/aromatic N) is 1. The average molecular weight is 255 g/mol. The maximum Gasteiger partial charge on any atom is 0.321 e. The number of aromatic nitrogens is 1. The molecule has 7 heteroatoms. The van der Waals surface area contributed by atoms with Crippen molar-refractivity contribution >= 4 is 11.7 Å². The van der Waals surface area contributed by atoms with E-state index in [0.717, 1.165) is 25.7 Å². The number of nitrogens with one attached hydrogen (secondary N) is 2. The molecule has 0 aliphatic carbocycles. The maximum atomic E-state index is 11.6. The van der Waals surface area contributed by atoms with Crippen LogP contribution in [0.5, 0.6) is 0 Å². The number of aromatic amines is 1. The minimum Gasteiger partial charge on any atom is -0.396 e. The normalized spacial score (nSPS) is 10.3. The minimum atomic E-state index is -0.578. The fourth-order valence-electron chi connectivity index (χ4n) is 1.51. The molecule has 7 nitrogen and oxygen atoms in total. The molecule has 3 N–H and O–H groups in total. The van der Waals surface area contributed by atoms with Crippen LogP contribution in [0, 0.1) is 10.1 Å². The van der Waals surface area contributed by atoms with Crippen LogP contribution in [0.1, 0.15) is 36.2 Å². The summed E-state index contributed by atoms with van der Waals surface area (Å²) in [5.41, 5.74) is 0.192. The van der Waals surface area contributed by atoms with Gasteiger partial charge < -0.3 is 20.5 Å². The minimum absolute atomic E-state index is 0.192. The second kappa shape index (κ2) is 7.44. The van der Waals surface area contributed by atoms with Crippen LogP contribution in [0.2, 0.25) is 0 Å². The van der Waals surface area contributed by atoms with E-state index < -0.39 is 4.92 Å². The summed E-state index contributed by atoms with van der Waals surface area (Å²) in [6.45, 7) is 0.718. The monoisotopic (exact) mass is 255 g/mol. The molecule has 0 aliphatic rings. The van der Waals surface area contributed by atoms with Gasteiger partial charge in [0.05, 0.1) is 0 Å². The maximum absolute atomic E-state index is 11.6. The lowest BCUT2D eigenvalue weighted by Crippen LogP contribution is -2.24. The van der Waals surface area contributed by atoms with Gasteiger partial charge in [0.25, 0.3) is 5.91 Å². The predicted octanol–water partition coefficient (Wildman–Crippen LogP) is 1.21. The third-order valence-electron chi connectivity index (χ3n) is 2.48. The van der Waals surface area contributed by atoms with Crippen molar-refractivity contribution in [2.45, 2.75) is 25.7 Å². The topological polar surface area (TPSA) is 108 Å². The molecule has 0 atom stereocenters. The van der Waals surface area contributed by atoms with Crippen molar-refractivity contribution in [3.63, 3.8) is 0 Å². The average Bonchev–Trinajstić information content (AvgIpc) is 2.83. The lowest BCUT2D eigenvalue weighted by molar-refractivity contribution is -0.389. The Kier molecular flexibility index (Phi) is 5.86. The van der Waals surface area contributed by atoms with E-state index in [9.17, 15) is 14.9 Å². The van der Waals surface area contributed by atoms with E-state index in [1.807, 2.05) is 0 Å². The lowest BCUT2D eigenvalue weighted by Gasteiger charge is -2.02. The van der Waals surface area contributed by atoms with Crippen molar-refractivity contribution in [3.05, 3.63) is 27.9 Å². The van der Waals surface area contributed by atoms with E-state index >= 15 is 0 Å². The van der Waals surface area contributed by atoms with E-state index in [0.29, 0.717) is 6.54 Å². The molecule has 0 saturated carbocycles. The summed E-state index contributed by atoms with van der Waals surface area (Å²) < 4.78 is 0. The van der Waals surface area contributed by atoms with Crippen molar-refractivity contribution in [2.24, 2.45) is 0 Å². The highest BCUT2D eigenvalue weighted by molar-refractivity contribution is 5.92. The zero-order chi connectivity index (χ0) is 13.4. The Morgan fingerprint density at radius 1 is 1.33 bits per heavy atom. The summed E-state index contributed by atoms with van der Waals surface area (Å²) in [4.78, 5) is 23.8. The molecule has 1 aromatic heterocycles. The zero-order valence-electron chi connectivity index (χ0n) is 10.0. The number of nitro groups is 1. The number of carbonyl (C=O) groups is 1. The Bertz CT molecular complexity index is 403. The molecule has 100 valence electrons. The smallest absolute Gasteiger partial charge is 0.321 e. The van der Waals surface area contributed by atoms with E-state index in [1.54, 1.807) is 0 Å². The third-order valence-corrected chi connectivity index (χ3v) is 2.48. The number of rotatable bonds is 8. The van der Waals surface area contributed by atoms with Crippen molar-refractivity contribution in [1.82, 2.24) is 10.3 Å². The highest BCUT2D eigenvalue weighted by atomic mass is 16.6. The lowest BCUT2D eigenvalue weighted by atomic mass is 10.2. The van der Waals surface area contributed by atoms with Crippen LogP contribution in [0.3, 0.4) is 0 Å². The molecule has 0 aliphatic heterocycles. The molecule has 0 aromatic carbocycles. The summed E-state index contributed by atoms with van der Waals surface area (Å²) in [7, 11) is 0. The predicted molar refractivity (Wildman–Crippen MR) is 65.3 cm³/mol. The first-order chi connectivity index (χ1) is 8.65. The Hall–Kier alpha value is -1.89. The zero-order valence-corrected chi connectivity index (χ0v) is 10.0. The number of aliphatic hydroxyl groups is 1. The molecule has 18 heavy (non-hydrogen) atoms. The highest BCUT2D eigenvalue weighted by Gasteiger charge is 2.14. The molecular weight excluding hydrogens is 238 g/mol. The number of hydrogen-bond donors (Lipinski definition) is 3. The Balaban J connectivity index is 2.25. The van der Waals surface area contributed by atoms with Crippen molar-refractivity contribution in [2.75, 3.05) is 13.2 Å². The molecule has 1 aromatic rings.